The highest BCUT2D eigenvalue weighted by Crippen LogP contribution is 2.27. The molecule has 3 aromatic carbocycles. The van der Waals surface area contributed by atoms with Gasteiger partial charge in [-0.15, -0.1) is 0 Å². The highest BCUT2D eigenvalue weighted by molar-refractivity contribution is 5.79. The number of benzene rings is 3. The van der Waals surface area contributed by atoms with E-state index in [1.54, 1.807) is 0 Å². The molecule has 0 bridgehead atoms. The molecule has 1 N–H and O–H groups in total. The Morgan fingerprint density at radius 2 is 1.81 bits per heavy atom. The third kappa shape index (κ3) is 6.34. The maximum atomic E-state index is 12.5. The number of aromatic nitrogens is 2. The largest absolute Gasteiger partial charge is 0.493 e. The van der Waals surface area contributed by atoms with Crippen molar-refractivity contribution in [2.75, 3.05) is 13.2 Å². The first-order chi connectivity index (χ1) is 17.4. The van der Waals surface area contributed by atoms with Gasteiger partial charge in [0.2, 0.25) is 5.91 Å². The van der Waals surface area contributed by atoms with Gasteiger partial charge >= 0.3 is 0 Å². The Balaban J connectivity index is 1.37. The molecule has 0 atom stereocenters. The van der Waals surface area contributed by atoms with E-state index >= 15 is 0 Å². The van der Waals surface area contributed by atoms with E-state index in [1.807, 2.05) is 49.4 Å². The van der Waals surface area contributed by atoms with Crippen LogP contribution in [0.1, 0.15) is 54.3 Å². The van der Waals surface area contributed by atoms with Gasteiger partial charge < -0.3 is 14.6 Å². The molecule has 4 rings (SSSR count). The number of fused-ring (bicyclic) bond motifs is 1. The lowest BCUT2D eigenvalue weighted by Crippen LogP contribution is -2.28. The van der Waals surface area contributed by atoms with Crippen LogP contribution in [0.4, 0.5) is 0 Å². The van der Waals surface area contributed by atoms with Crippen molar-refractivity contribution in [1.29, 1.82) is 0 Å². The maximum absolute atomic E-state index is 12.5. The third-order valence-corrected chi connectivity index (χ3v) is 6.59. The molecular weight excluding hydrogens is 446 g/mol. The molecule has 0 spiro atoms. The van der Waals surface area contributed by atoms with Gasteiger partial charge in [-0.3, -0.25) is 4.79 Å². The Labute approximate surface area is 214 Å². The fourth-order valence-corrected chi connectivity index (χ4v) is 4.57. The van der Waals surface area contributed by atoms with E-state index in [4.69, 9.17) is 9.72 Å². The normalized spacial score (nSPS) is 11.2. The van der Waals surface area contributed by atoms with E-state index in [1.165, 1.54) is 11.1 Å². The van der Waals surface area contributed by atoms with Crippen molar-refractivity contribution in [3.63, 3.8) is 0 Å². The molecule has 1 amide bonds. The van der Waals surface area contributed by atoms with Crippen LogP contribution in [-0.4, -0.2) is 28.6 Å². The Kier molecular flexibility index (Phi) is 8.42. The summed E-state index contributed by atoms with van der Waals surface area (Å²) in [4.78, 5) is 17.4. The summed E-state index contributed by atoms with van der Waals surface area (Å²) in [7, 11) is 0. The van der Waals surface area contributed by atoms with Crippen LogP contribution in [0.2, 0.25) is 0 Å². The fourth-order valence-electron chi connectivity index (χ4n) is 4.57. The number of para-hydroxylation sites is 2. The van der Waals surface area contributed by atoms with Crippen LogP contribution in [0.5, 0.6) is 5.75 Å². The standard InChI is InChI=1S/C31H37N3O2/c1-22(2)26-15-14-23(3)20-29(26)36-19-9-18-34-28-13-8-7-12-27(28)33-30(34)16-17-32-31(35)21-25-11-6-5-10-24(25)4/h5-8,10-15,20,22H,9,16-19,21H2,1-4H3,(H,32,35). The maximum Gasteiger partial charge on any atom is 0.224 e. The number of amides is 1. The molecule has 188 valence electrons. The highest BCUT2D eigenvalue weighted by Gasteiger charge is 2.12. The molecule has 0 aliphatic rings. The molecule has 0 radical (unpaired) electrons. The second-order valence-electron chi connectivity index (χ2n) is 9.77. The molecule has 0 saturated heterocycles. The number of imidazole rings is 1. The first-order valence-electron chi connectivity index (χ1n) is 12.9. The first kappa shape index (κ1) is 25.5. The van der Waals surface area contributed by atoms with Gasteiger partial charge in [0.15, 0.2) is 0 Å². The van der Waals surface area contributed by atoms with Crippen molar-refractivity contribution in [1.82, 2.24) is 14.9 Å². The van der Waals surface area contributed by atoms with Crippen LogP contribution in [0.15, 0.2) is 66.7 Å². The number of carbonyl (C=O) groups excluding carboxylic acids is 1. The lowest BCUT2D eigenvalue weighted by molar-refractivity contribution is -0.120. The number of aryl methyl sites for hydroxylation is 3. The van der Waals surface area contributed by atoms with Gasteiger partial charge in [-0.05, 0) is 66.6 Å². The summed E-state index contributed by atoms with van der Waals surface area (Å²) in [6, 6.07) is 22.7. The molecule has 0 unspecified atom stereocenters. The summed E-state index contributed by atoms with van der Waals surface area (Å²) in [5, 5.41) is 3.07. The number of nitrogens with zero attached hydrogens (tertiary/aromatic N) is 2. The van der Waals surface area contributed by atoms with Crippen LogP contribution in [0, 0.1) is 13.8 Å². The minimum atomic E-state index is 0.0412. The number of hydrogen-bond acceptors (Lipinski definition) is 3. The summed E-state index contributed by atoms with van der Waals surface area (Å²) in [5.41, 5.74) is 6.77. The predicted molar refractivity (Wildman–Crippen MR) is 147 cm³/mol. The molecule has 0 saturated carbocycles. The van der Waals surface area contributed by atoms with E-state index in [-0.39, 0.29) is 5.91 Å². The number of nitrogens with one attached hydrogen (secondary N) is 1. The van der Waals surface area contributed by atoms with Crippen molar-refractivity contribution in [3.05, 3.63) is 94.8 Å². The number of ether oxygens (including phenoxy) is 1. The van der Waals surface area contributed by atoms with Crippen molar-refractivity contribution in [2.45, 2.75) is 59.4 Å². The van der Waals surface area contributed by atoms with Crippen LogP contribution < -0.4 is 10.1 Å². The van der Waals surface area contributed by atoms with Gasteiger partial charge in [0.05, 0.1) is 24.1 Å². The van der Waals surface area contributed by atoms with E-state index in [0.29, 0.717) is 31.9 Å². The molecule has 4 aromatic rings. The molecule has 36 heavy (non-hydrogen) atoms. The summed E-state index contributed by atoms with van der Waals surface area (Å²) in [6.07, 6.45) is 1.96. The quantitative estimate of drug-likeness (QED) is 0.260. The predicted octanol–water partition coefficient (Wildman–Crippen LogP) is 6.15. The van der Waals surface area contributed by atoms with Gasteiger partial charge in [0.25, 0.3) is 0 Å². The lowest BCUT2D eigenvalue weighted by Gasteiger charge is -2.15. The van der Waals surface area contributed by atoms with Crippen LogP contribution in [0.25, 0.3) is 11.0 Å². The molecule has 0 aliphatic carbocycles. The van der Waals surface area contributed by atoms with Gasteiger partial charge in [-0.25, -0.2) is 4.98 Å². The zero-order valence-electron chi connectivity index (χ0n) is 21.9. The van der Waals surface area contributed by atoms with Crippen LogP contribution in [0.3, 0.4) is 0 Å². The number of carbonyl (C=O) groups is 1. The molecule has 5 heteroatoms. The average Bonchev–Trinajstić information content (AvgIpc) is 3.20. The molecular formula is C31H37N3O2. The number of hydrogen-bond donors (Lipinski definition) is 1. The SMILES string of the molecule is Cc1ccc(C(C)C)c(OCCCn2c(CCNC(=O)Cc3ccccc3C)nc3ccccc32)c1. The van der Waals surface area contributed by atoms with Crippen molar-refractivity contribution < 1.29 is 9.53 Å². The van der Waals surface area contributed by atoms with Gasteiger partial charge in [-0.2, -0.15) is 0 Å². The molecule has 5 nitrogen and oxygen atoms in total. The van der Waals surface area contributed by atoms with Crippen LogP contribution >= 0.6 is 0 Å². The van der Waals surface area contributed by atoms with Crippen molar-refractivity contribution in [3.8, 4) is 5.75 Å². The number of rotatable bonds is 11. The first-order valence-corrected chi connectivity index (χ1v) is 12.9. The Hall–Kier alpha value is -3.60. The Morgan fingerprint density at radius 3 is 2.61 bits per heavy atom. The minimum Gasteiger partial charge on any atom is -0.493 e. The molecule has 1 aromatic heterocycles. The van der Waals surface area contributed by atoms with E-state index in [9.17, 15) is 4.79 Å². The third-order valence-electron chi connectivity index (χ3n) is 6.59. The van der Waals surface area contributed by atoms with E-state index < -0.39 is 0 Å². The molecule has 0 aliphatic heterocycles. The summed E-state index contributed by atoms with van der Waals surface area (Å²) in [5.74, 6) is 2.44. The average molecular weight is 484 g/mol. The van der Waals surface area contributed by atoms with E-state index in [0.717, 1.165) is 46.7 Å². The second kappa shape index (κ2) is 11.9. The zero-order chi connectivity index (χ0) is 25.5. The summed E-state index contributed by atoms with van der Waals surface area (Å²) >= 11 is 0. The van der Waals surface area contributed by atoms with Crippen molar-refractivity contribution >= 4 is 16.9 Å². The Morgan fingerprint density at radius 1 is 1.03 bits per heavy atom. The van der Waals surface area contributed by atoms with E-state index in [2.05, 4.69) is 54.9 Å². The monoisotopic (exact) mass is 483 g/mol. The molecule has 0 fully saturated rings. The smallest absolute Gasteiger partial charge is 0.224 e. The summed E-state index contributed by atoms with van der Waals surface area (Å²) < 4.78 is 8.49. The molecule has 1 heterocycles. The topological polar surface area (TPSA) is 56.1 Å². The zero-order valence-corrected chi connectivity index (χ0v) is 21.9. The second-order valence-corrected chi connectivity index (χ2v) is 9.77. The highest BCUT2D eigenvalue weighted by atomic mass is 16.5. The van der Waals surface area contributed by atoms with Gasteiger partial charge in [-0.1, -0.05) is 62.4 Å². The van der Waals surface area contributed by atoms with Gasteiger partial charge in [0.1, 0.15) is 11.6 Å². The fraction of sp³-hybridized carbons (Fsp3) is 0.355. The van der Waals surface area contributed by atoms with Gasteiger partial charge in [0, 0.05) is 19.5 Å². The van der Waals surface area contributed by atoms with Crippen molar-refractivity contribution in [2.24, 2.45) is 0 Å². The minimum absolute atomic E-state index is 0.0412. The Bertz CT molecular complexity index is 1320. The summed E-state index contributed by atoms with van der Waals surface area (Å²) in [6.45, 7) is 10.5. The lowest BCUT2D eigenvalue weighted by atomic mass is 10.0. The van der Waals surface area contributed by atoms with Crippen LogP contribution in [-0.2, 0) is 24.2 Å².